The molecule has 6 nitrogen and oxygen atoms in total. The van der Waals surface area contributed by atoms with E-state index in [9.17, 15) is 8.42 Å². The number of thiazole rings is 1. The number of aryl methyl sites for hydroxylation is 1. The zero-order valence-electron chi connectivity index (χ0n) is 18.2. The summed E-state index contributed by atoms with van der Waals surface area (Å²) in [5, 5.41) is 2.70. The lowest BCUT2D eigenvalue weighted by molar-refractivity contribution is 0.302. The Morgan fingerprint density at radius 2 is 1.71 bits per heavy atom. The molecule has 0 N–H and O–H groups in total. The van der Waals surface area contributed by atoms with Crippen LogP contribution >= 0.6 is 11.3 Å². The first-order valence-electron chi connectivity index (χ1n) is 10.1. The van der Waals surface area contributed by atoms with Gasteiger partial charge in [-0.15, -0.1) is 11.3 Å². The number of nitrogens with zero attached hydrogens (tertiary/aromatic N) is 2. The Morgan fingerprint density at radius 1 is 1.06 bits per heavy atom. The summed E-state index contributed by atoms with van der Waals surface area (Å²) in [6.07, 6.45) is 0.697. The van der Waals surface area contributed by atoms with Crippen molar-refractivity contribution in [1.29, 1.82) is 0 Å². The van der Waals surface area contributed by atoms with Gasteiger partial charge in [-0.1, -0.05) is 24.6 Å². The fourth-order valence-electron chi connectivity index (χ4n) is 2.99. The number of aromatic nitrogens is 1. The average molecular weight is 461 g/mol. The van der Waals surface area contributed by atoms with Crippen molar-refractivity contribution in [3.05, 3.63) is 70.2 Å². The Hall–Kier alpha value is -2.42. The van der Waals surface area contributed by atoms with Crippen molar-refractivity contribution >= 4 is 21.4 Å². The van der Waals surface area contributed by atoms with Crippen molar-refractivity contribution in [1.82, 2.24) is 9.29 Å². The molecule has 1 aromatic heterocycles. The van der Waals surface area contributed by atoms with Crippen molar-refractivity contribution in [3.8, 4) is 11.5 Å². The van der Waals surface area contributed by atoms with Crippen LogP contribution in [0.25, 0.3) is 0 Å². The Kier molecular flexibility index (Phi) is 7.69. The molecule has 166 valence electrons. The van der Waals surface area contributed by atoms with Gasteiger partial charge < -0.3 is 9.47 Å². The SMILES string of the molecule is CCC(C)N(Cc1csc(COc2ccc(C)cc2)n1)S(=O)(=O)c1ccc(OC)cc1. The Labute approximate surface area is 188 Å². The highest BCUT2D eigenvalue weighted by Crippen LogP contribution is 2.25. The number of ether oxygens (including phenoxy) is 2. The molecule has 1 unspecified atom stereocenters. The highest BCUT2D eigenvalue weighted by Gasteiger charge is 2.29. The summed E-state index contributed by atoms with van der Waals surface area (Å²) in [5.74, 6) is 1.40. The van der Waals surface area contributed by atoms with E-state index in [2.05, 4.69) is 4.98 Å². The third-order valence-electron chi connectivity index (χ3n) is 5.05. The molecule has 3 rings (SSSR count). The number of sulfonamides is 1. The third kappa shape index (κ3) is 5.84. The molecular weight excluding hydrogens is 432 g/mol. The molecule has 0 aliphatic rings. The van der Waals surface area contributed by atoms with Crippen molar-refractivity contribution < 1.29 is 17.9 Å². The van der Waals surface area contributed by atoms with Gasteiger partial charge in [-0.05, 0) is 56.7 Å². The molecule has 0 spiro atoms. The lowest BCUT2D eigenvalue weighted by atomic mass is 10.2. The highest BCUT2D eigenvalue weighted by atomic mass is 32.2. The maximum atomic E-state index is 13.3. The van der Waals surface area contributed by atoms with Crippen LogP contribution in [0.1, 0.15) is 36.5 Å². The van der Waals surface area contributed by atoms with Crippen LogP contribution in [0.4, 0.5) is 0 Å². The van der Waals surface area contributed by atoms with Crippen molar-refractivity contribution in [2.75, 3.05) is 7.11 Å². The summed E-state index contributed by atoms with van der Waals surface area (Å²) in [6, 6.07) is 14.1. The van der Waals surface area contributed by atoms with E-state index in [0.717, 1.165) is 10.8 Å². The lowest BCUT2D eigenvalue weighted by Crippen LogP contribution is -2.37. The molecule has 0 bridgehead atoms. The maximum Gasteiger partial charge on any atom is 0.243 e. The predicted octanol–water partition coefficient (Wildman–Crippen LogP) is 5.03. The Balaban J connectivity index is 1.74. The van der Waals surface area contributed by atoms with Gasteiger partial charge in [0.25, 0.3) is 0 Å². The first-order chi connectivity index (χ1) is 14.8. The zero-order chi connectivity index (χ0) is 22.4. The predicted molar refractivity (Wildman–Crippen MR) is 123 cm³/mol. The summed E-state index contributed by atoms with van der Waals surface area (Å²) >= 11 is 1.47. The minimum absolute atomic E-state index is 0.166. The molecule has 1 atom stereocenters. The molecular formula is C23H28N2O4S2. The van der Waals surface area contributed by atoms with E-state index in [1.165, 1.54) is 21.2 Å². The quantitative estimate of drug-likeness (QED) is 0.424. The number of hydrogen-bond acceptors (Lipinski definition) is 6. The number of hydrogen-bond donors (Lipinski definition) is 0. The van der Waals surface area contributed by atoms with Crippen molar-refractivity contribution in [2.45, 2.75) is 51.3 Å². The monoisotopic (exact) mass is 460 g/mol. The van der Waals surface area contributed by atoms with E-state index >= 15 is 0 Å². The van der Waals surface area contributed by atoms with Crippen LogP contribution in [0.3, 0.4) is 0 Å². The van der Waals surface area contributed by atoms with Crippen LogP contribution in [-0.4, -0.2) is 30.9 Å². The molecule has 31 heavy (non-hydrogen) atoms. The van der Waals surface area contributed by atoms with Gasteiger partial charge in [0.15, 0.2) is 0 Å². The van der Waals surface area contributed by atoms with Gasteiger partial charge in [0.05, 0.1) is 24.2 Å². The molecule has 0 radical (unpaired) electrons. The molecule has 8 heteroatoms. The summed E-state index contributed by atoms with van der Waals surface area (Å²) in [6.45, 7) is 6.48. The molecule has 0 amide bonds. The standard InChI is InChI=1S/C23H28N2O4S2/c1-5-18(3)25(31(26,27)22-12-10-20(28-4)11-13-22)14-19-16-30-23(24-19)15-29-21-8-6-17(2)7-9-21/h6-13,16,18H,5,14-15H2,1-4H3. The zero-order valence-corrected chi connectivity index (χ0v) is 19.9. The van der Waals surface area contributed by atoms with Crippen molar-refractivity contribution in [2.24, 2.45) is 0 Å². The van der Waals surface area contributed by atoms with Crippen LogP contribution in [0, 0.1) is 6.92 Å². The fourth-order valence-corrected chi connectivity index (χ4v) is 5.36. The number of rotatable bonds is 10. The van der Waals surface area contributed by atoms with E-state index in [4.69, 9.17) is 9.47 Å². The van der Waals surface area contributed by atoms with Gasteiger partial charge in [0.1, 0.15) is 23.1 Å². The van der Waals surface area contributed by atoms with Crippen molar-refractivity contribution in [3.63, 3.8) is 0 Å². The summed E-state index contributed by atoms with van der Waals surface area (Å²) in [7, 11) is -2.12. The van der Waals surface area contributed by atoms with E-state index in [1.54, 1.807) is 31.4 Å². The summed E-state index contributed by atoms with van der Waals surface area (Å²) < 4.78 is 39.1. The first-order valence-corrected chi connectivity index (χ1v) is 12.4. The summed E-state index contributed by atoms with van der Waals surface area (Å²) in [5.41, 5.74) is 1.89. The molecule has 3 aromatic rings. The van der Waals surface area contributed by atoms with Crippen LogP contribution in [0.15, 0.2) is 58.8 Å². The van der Waals surface area contributed by atoms with Gasteiger partial charge >= 0.3 is 0 Å². The fraction of sp³-hybridized carbons (Fsp3) is 0.348. The second kappa shape index (κ2) is 10.3. The first kappa shape index (κ1) is 23.2. The van der Waals surface area contributed by atoms with E-state index in [-0.39, 0.29) is 17.5 Å². The van der Waals surface area contributed by atoms with Crippen LogP contribution in [0.5, 0.6) is 11.5 Å². The minimum atomic E-state index is -3.67. The molecule has 0 saturated carbocycles. The van der Waals surface area contributed by atoms with Crippen LogP contribution in [0.2, 0.25) is 0 Å². The molecule has 0 aliphatic heterocycles. The smallest absolute Gasteiger partial charge is 0.243 e. The highest BCUT2D eigenvalue weighted by molar-refractivity contribution is 7.89. The molecule has 1 heterocycles. The third-order valence-corrected chi connectivity index (χ3v) is 7.89. The van der Waals surface area contributed by atoms with Gasteiger partial charge in [0, 0.05) is 11.4 Å². The average Bonchev–Trinajstić information content (AvgIpc) is 3.24. The Morgan fingerprint density at radius 3 is 2.32 bits per heavy atom. The number of methoxy groups -OCH3 is 1. The molecule has 2 aromatic carbocycles. The molecule has 0 fully saturated rings. The van der Waals surface area contributed by atoms with Gasteiger partial charge in [0.2, 0.25) is 10.0 Å². The lowest BCUT2D eigenvalue weighted by Gasteiger charge is -2.27. The molecule has 0 saturated heterocycles. The van der Waals surface area contributed by atoms with E-state index < -0.39 is 10.0 Å². The Bertz CT molecular complexity index is 1080. The van der Waals surface area contributed by atoms with Gasteiger partial charge in [-0.3, -0.25) is 0 Å². The van der Waals surface area contributed by atoms with Crippen LogP contribution < -0.4 is 9.47 Å². The van der Waals surface area contributed by atoms with Gasteiger partial charge in [-0.2, -0.15) is 4.31 Å². The largest absolute Gasteiger partial charge is 0.497 e. The summed E-state index contributed by atoms with van der Waals surface area (Å²) in [4.78, 5) is 4.84. The van der Waals surface area contributed by atoms with Gasteiger partial charge in [-0.25, -0.2) is 13.4 Å². The van der Waals surface area contributed by atoms with Crippen LogP contribution in [-0.2, 0) is 23.2 Å². The molecule has 0 aliphatic carbocycles. The van der Waals surface area contributed by atoms with E-state index in [0.29, 0.717) is 24.5 Å². The van der Waals surface area contributed by atoms with E-state index in [1.807, 2.05) is 50.4 Å². The minimum Gasteiger partial charge on any atom is -0.497 e. The topological polar surface area (TPSA) is 68.7 Å². The maximum absolute atomic E-state index is 13.3. The number of benzene rings is 2. The second-order valence-electron chi connectivity index (χ2n) is 7.32. The second-order valence-corrected chi connectivity index (χ2v) is 10.2. The normalized spacial score (nSPS) is 12.7.